The van der Waals surface area contributed by atoms with E-state index in [-0.39, 0.29) is 11.3 Å². The van der Waals surface area contributed by atoms with E-state index in [1.807, 2.05) is 6.07 Å². The Hall–Kier alpha value is -2.93. The number of nitrogens with zero attached hydrogens (tertiary/aromatic N) is 1. The molecule has 12 heteroatoms. The molecule has 0 spiro atoms. The van der Waals surface area contributed by atoms with Crippen molar-refractivity contribution in [2.75, 3.05) is 57.4 Å². The minimum atomic E-state index is -3.48. The molecule has 0 aliphatic carbocycles. The number of hydrogen-bond acceptors (Lipinski definition) is 6. The van der Waals surface area contributed by atoms with Gasteiger partial charge in [-0.2, -0.15) is 0 Å². The van der Waals surface area contributed by atoms with Crippen molar-refractivity contribution < 1.29 is 31.9 Å². The van der Waals surface area contributed by atoms with Gasteiger partial charge in [0.2, 0.25) is 0 Å². The number of H-pyrrole nitrogens is 1. The number of fused-ring (bicyclic) bond motifs is 3. The quantitative estimate of drug-likeness (QED) is 0.119. The van der Waals surface area contributed by atoms with Crippen molar-refractivity contribution in [1.82, 2.24) is 15.2 Å². The fourth-order valence-electron chi connectivity index (χ4n) is 5.17. The van der Waals surface area contributed by atoms with E-state index in [4.69, 9.17) is 4.84 Å². The molecule has 2 unspecified atom stereocenters. The van der Waals surface area contributed by atoms with Crippen molar-refractivity contribution in [2.45, 2.75) is 37.8 Å². The first-order valence-electron chi connectivity index (χ1n) is 12.9. The minimum absolute atomic E-state index is 0.198. The Balaban J connectivity index is 1.74. The van der Waals surface area contributed by atoms with E-state index in [0.29, 0.717) is 49.4 Å². The Morgan fingerprint density at radius 1 is 1.10 bits per heavy atom. The predicted octanol–water partition coefficient (Wildman–Crippen LogP) is 4.74. The fourth-order valence-corrected chi connectivity index (χ4v) is 5.17. The molecule has 2 aromatic carbocycles. The van der Waals surface area contributed by atoms with Crippen molar-refractivity contribution in [3.05, 3.63) is 58.8 Å². The van der Waals surface area contributed by atoms with Crippen LogP contribution in [0.5, 0.6) is 0 Å². The normalized spacial score (nSPS) is 17.9. The van der Waals surface area contributed by atoms with E-state index >= 15 is 8.78 Å². The number of anilines is 2. The fraction of sp³-hybridized carbons (Fsp3) is 0.481. The molecular formula is C27H34F5N5O2. The monoisotopic (exact) mass is 555 g/mol. The van der Waals surface area contributed by atoms with Crippen molar-refractivity contribution >= 4 is 22.3 Å². The first kappa shape index (κ1) is 29.1. The highest BCUT2D eigenvalue weighted by Crippen LogP contribution is 2.44. The van der Waals surface area contributed by atoms with Crippen LogP contribution in [0.3, 0.4) is 0 Å². The highest BCUT2D eigenvalue weighted by atomic mass is 19.3. The second-order valence-electron chi connectivity index (χ2n) is 9.80. The molecule has 4 rings (SSSR count). The molecule has 214 valence electrons. The predicted molar refractivity (Wildman–Crippen MR) is 141 cm³/mol. The first-order chi connectivity index (χ1) is 18.7. The standard InChI is InChI=1S/C27H34F5N5O2/c1-16-10-20-19-11-17(36-39-2)4-5-23(19)35-25(20)26(37(16)14-27(31,32)15-38)24-21(29)12-18(13-22(24)30)34-9-8-33-7-3-6-28/h4-5,11-13,16,26,33-36,38H,3,6-10,14-15H2,1-2H3. The SMILES string of the molecule is CONc1ccc2[nH]c3c(c2c1)CC(C)N(CC(F)(F)CO)C3c1c(F)cc(NCCNCCCF)cc1F. The van der Waals surface area contributed by atoms with E-state index in [1.54, 1.807) is 19.1 Å². The summed E-state index contributed by atoms with van der Waals surface area (Å²) in [6, 6.07) is 5.95. The van der Waals surface area contributed by atoms with Crippen LogP contribution in [0.25, 0.3) is 10.9 Å². The lowest BCUT2D eigenvalue weighted by molar-refractivity contribution is -0.0869. The molecule has 1 aliphatic rings. The van der Waals surface area contributed by atoms with Gasteiger partial charge < -0.3 is 20.7 Å². The zero-order valence-corrected chi connectivity index (χ0v) is 21.9. The third-order valence-corrected chi connectivity index (χ3v) is 6.95. The molecule has 39 heavy (non-hydrogen) atoms. The summed E-state index contributed by atoms with van der Waals surface area (Å²) in [6.45, 7) is 0.330. The molecule has 3 aromatic rings. The second kappa shape index (κ2) is 12.5. The summed E-state index contributed by atoms with van der Waals surface area (Å²) in [7, 11) is 1.47. The van der Waals surface area contributed by atoms with Gasteiger partial charge >= 0.3 is 0 Å². The Morgan fingerprint density at radius 2 is 1.85 bits per heavy atom. The highest BCUT2D eigenvalue weighted by molar-refractivity contribution is 5.88. The maximum atomic E-state index is 15.7. The van der Waals surface area contributed by atoms with Gasteiger partial charge in [-0.05, 0) is 62.2 Å². The van der Waals surface area contributed by atoms with Crippen LogP contribution < -0.4 is 16.1 Å². The average molecular weight is 556 g/mol. The summed E-state index contributed by atoms with van der Waals surface area (Å²) in [5.74, 6) is -5.24. The molecular weight excluding hydrogens is 521 g/mol. The largest absolute Gasteiger partial charge is 0.390 e. The Kier molecular flexibility index (Phi) is 9.31. The summed E-state index contributed by atoms with van der Waals surface area (Å²) in [5.41, 5.74) is 5.14. The van der Waals surface area contributed by atoms with Crippen molar-refractivity contribution in [3.8, 4) is 0 Å². The Morgan fingerprint density at radius 3 is 2.51 bits per heavy atom. The van der Waals surface area contributed by atoms with E-state index in [0.717, 1.165) is 23.1 Å². The lowest BCUT2D eigenvalue weighted by Gasteiger charge is -2.42. The molecule has 1 aromatic heterocycles. The lowest BCUT2D eigenvalue weighted by Crippen LogP contribution is -2.49. The summed E-state index contributed by atoms with van der Waals surface area (Å²) in [6.07, 6.45) is 0.728. The van der Waals surface area contributed by atoms with Crippen LogP contribution in [0.1, 0.15) is 36.2 Å². The maximum Gasteiger partial charge on any atom is 0.283 e. The molecule has 0 saturated heterocycles. The number of aliphatic hydroxyl groups is 1. The van der Waals surface area contributed by atoms with E-state index < -0.39 is 49.5 Å². The number of halogens is 5. The summed E-state index contributed by atoms with van der Waals surface area (Å²) >= 11 is 0. The molecule has 0 saturated carbocycles. The van der Waals surface area contributed by atoms with Gasteiger partial charge in [-0.25, -0.2) is 17.6 Å². The van der Waals surface area contributed by atoms with E-state index in [1.165, 1.54) is 12.0 Å². The number of hydrogen-bond donors (Lipinski definition) is 5. The van der Waals surface area contributed by atoms with Crippen molar-refractivity contribution in [3.63, 3.8) is 0 Å². The number of nitrogens with one attached hydrogen (secondary N) is 4. The van der Waals surface area contributed by atoms with Gasteiger partial charge in [0.05, 0.1) is 32.1 Å². The zero-order chi connectivity index (χ0) is 28.2. The smallest absolute Gasteiger partial charge is 0.283 e. The van der Waals surface area contributed by atoms with Gasteiger partial charge in [-0.3, -0.25) is 19.6 Å². The number of aromatic amines is 1. The van der Waals surface area contributed by atoms with Crippen LogP contribution in [0.2, 0.25) is 0 Å². The molecule has 7 nitrogen and oxygen atoms in total. The van der Waals surface area contributed by atoms with Crippen molar-refractivity contribution in [2.24, 2.45) is 0 Å². The molecule has 0 fully saturated rings. The lowest BCUT2D eigenvalue weighted by atomic mass is 9.87. The van der Waals surface area contributed by atoms with Gasteiger partial charge in [0.25, 0.3) is 5.92 Å². The van der Waals surface area contributed by atoms with Gasteiger partial charge in [0.15, 0.2) is 0 Å². The van der Waals surface area contributed by atoms with Crippen LogP contribution in [-0.4, -0.2) is 73.5 Å². The average Bonchev–Trinajstić information content (AvgIpc) is 3.25. The number of rotatable bonds is 13. The van der Waals surface area contributed by atoms with Gasteiger partial charge in [-0.1, -0.05) is 0 Å². The molecule has 1 aliphatic heterocycles. The van der Waals surface area contributed by atoms with Crippen molar-refractivity contribution in [1.29, 1.82) is 0 Å². The molecule has 0 radical (unpaired) electrons. The Bertz CT molecular complexity index is 1250. The molecule has 2 heterocycles. The number of benzene rings is 2. The van der Waals surface area contributed by atoms with Crippen LogP contribution in [0.15, 0.2) is 30.3 Å². The van der Waals surface area contributed by atoms with Gasteiger partial charge in [0, 0.05) is 47.0 Å². The van der Waals surface area contributed by atoms with Crippen LogP contribution in [-0.2, 0) is 11.3 Å². The topological polar surface area (TPSA) is 84.6 Å². The van der Waals surface area contributed by atoms with Gasteiger partial charge in [-0.15, -0.1) is 0 Å². The number of alkyl halides is 3. The number of aliphatic hydroxyl groups excluding tert-OH is 1. The van der Waals surface area contributed by atoms with Crippen LogP contribution in [0, 0.1) is 11.6 Å². The molecule has 2 atom stereocenters. The van der Waals surface area contributed by atoms with Crippen LogP contribution >= 0.6 is 0 Å². The summed E-state index contributed by atoms with van der Waals surface area (Å²) in [5, 5.41) is 16.0. The summed E-state index contributed by atoms with van der Waals surface area (Å²) in [4.78, 5) is 9.54. The van der Waals surface area contributed by atoms with E-state index in [2.05, 4.69) is 21.1 Å². The summed E-state index contributed by atoms with van der Waals surface area (Å²) < 4.78 is 72.5. The van der Waals surface area contributed by atoms with E-state index in [9.17, 15) is 18.3 Å². The molecule has 0 bridgehead atoms. The van der Waals surface area contributed by atoms with Crippen LogP contribution in [0.4, 0.5) is 33.3 Å². The maximum absolute atomic E-state index is 15.7. The first-order valence-corrected chi connectivity index (χ1v) is 12.9. The molecule has 0 amide bonds. The molecule has 5 N–H and O–H groups in total. The minimum Gasteiger partial charge on any atom is -0.390 e. The third kappa shape index (κ3) is 6.46. The van der Waals surface area contributed by atoms with Gasteiger partial charge in [0.1, 0.15) is 18.2 Å². The third-order valence-electron chi connectivity index (χ3n) is 6.95. The number of aromatic nitrogens is 1. The second-order valence-corrected chi connectivity index (χ2v) is 9.80. The zero-order valence-electron chi connectivity index (χ0n) is 21.9. The Labute approximate surface area is 223 Å². The highest BCUT2D eigenvalue weighted by Gasteiger charge is 2.43.